The van der Waals surface area contributed by atoms with Crippen LogP contribution in [0.15, 0.2) is 24.3 Å². The van der Waals surface area contributed by atoms with E-state index in [4.69, 9.17) is 0 Å². The van der Waals surface area contributed by atoms with E-state index in [-0.39, 0.29) is 17.5 Å². The van der Waals surface area contributed by atoms with Crippen molar-refractivity contribution in [3.63, 3.8) is 0 Å². The Kier molecular flexibility index (Phi) is 2.00. The fraction of sp³-hybridized carbons (Fsp3) is 0.300. The van der Waals surface area contributed by atoms with Gasteiger partial charge in [-0.2, -0.15) is 0 Å². The summed E-state index contributed by atoms with van der Waals surface area (Å²) in [4.78, 5) is 11.4. The highest BCUT2D eigenvalue weighted by Gasteiger charge is 2.24. The standard InChI is InChI=1S/C10H10FNO/c11-9-4-2-1-3-8(9)10(13)12-7-5-6-7/h1-4,7H,5-6H2,(H,12,13). The van der Waals surface area contributed by atoms with E-state index in [9.17, 15) is 9.18 Å². The first-order valence-electron chi connectivity index (χ1n) is 4.33. The maximum Gasteiger partial charge on any atom is 0.254 e. The predicted molar refractivity (Wildman–Crippen MR) is 46.9 cm³/mol. The maximum absolute atomic E-state index is 13.1. The summed E-state index contributed by atoms with van der Waals surface area (Å²) in [6.07, 6.45) is 2.03. The molecule has 0 saturated heterocycles. The molecular weight excluding hydrogens is 169 g/mol. The van der Waals surface area contributed by atoms with Gasteiger partial charge in [0.1, 0.15) is 5.82 Å². The molecule has 13 heavy (non-hydrogen) atoms. The summed E-state index contributed by atoms with van der Waals surface area (Å²) >= 11 is 0. The number of rotatable bonds is 2. The van der Waals surface area contributed by atoms with Gasteiger partial charge in [0.05, 0.1) is 5.56 Å². The molecule has 1 aliphatic rings. The smallest absolute Gasteiger partial charge is 0.254 e. The SMILES string of the molecule is O=C(NC1CC1)c1ccccc1F. The van der Waals surface area contributed by atoms with Crippen LogP contribution in [0.2, 0.25) is 0 Å². The first-order chi connectivity index (χ1) is 6.27. The van der Waals surface area contributed by atoms with Gasteiger partial charge >= 0.3 is 0 Å². The lowest BCUT2D eigenvalue weighted by Crippen LogP contribution is -2.26. The van der Waals surface area contributed by atoms with Crippen LogP contribution < -0.4 is 5.32 Å². The van der Waals surface area contributed by atoms with Gasteiger partial charge in [-0.05, 0) is 25.0 Å². The summed E-state index contributed by atoms with van der Waals surface area (Å²) in [5.41, 5.74) is 0.134. The lowest BCUT2D eigenvalue weighted by Gasteiger charge is -2.03. The second-order valence-corrected chi connectivity index (χ2v) is 3.23. The van der Waals surface area contributed by atoms with Gasteiger partial charge in [-0.25, -0.2) is 4.39 Å². The molecule has 0 radical (unpaired) electrons. The lowest BCUT2D eigenvalue weighted by molar-refractivity contribution is 0.0947. The van der Waals surface area contributed by atoms with Gasteiger partial charge in [-0.1, -0.05) is 12.1 Å². The number of halogens is 1. The molecule has 0 bridgehead atoms. The van der Waals surface area contributed by atoms with Crippen molar-refractivity contribution in [2.24, 2.45) is 0 Å². The molecule has 1 fully saturated rings. The molecule has 1 N–H and O–H groups in total. The molecule has 0 spiro atoms. The van der Waals surface area contributed by atoms with Crippen LogP contribution in [0, 0.1) is 5.82 Å². The average molecular weight is 179 g/mol. The largest absolute Gasteiger partial charge is 0.349 e. The second kappa shape index (κ2) is 3.17. The minimum absolute atomic E-state index is 0.134. The number of amides is 1. The number of hydrogen-bond donors (Lipinski definition) is 1. The van der Waals surface area contributed by atoms with E-state index in [1.165, 1.54) is 12.1 Å². The predicted octanol–water partition coefficient (Wildman–Crippen LogP) is 1.72. The van der Waals surface area contributed by atoms with Gasteiger partial charge in [0.25, 0.3) is 5.91 Å². The van der Waals surface area contributed by atoms with Crippen LogP contribution in [0.4, 0.5) is 4.39 Å². The molecular formula is C10H10FNO. The van der Waals surface area contributed by atoms with Crippen LogP contribution in [0.25, 0.3) is 0 Å². The fourth-order valence-electron chi connectivity index (χ4n) is 1.14. The first-order valence-corrected chi connectivity index (χ1v) is 4.33. The molecule has 1 amide bonds. The van der Waals surface area contributed by atoms with Gasteiger partial charge in [-0.15, -0.1) is 0 Å². The molecule has 0 atom stereocenters. The van der Waals surface area contributed by atoms with E-state index in [0.717, 1.165) is 12.8 Å². The quantitative estimate of drug-likeness (QED) is 0.735. The molecule has 0 unspecified atom stereocenters. The van der Waals surface area contributed by atoms with Crippen LogP contribution in [0.5, 0.6) is 0 Å². The third kappa shape index (κ3) is 1.86. The zero-order valence-electron chi connectivity index (χ0n) is 7.09. The molecule has 0 heterocycles. The highest BCUT2D eigenvalue weighted by molar-refractivity contribution is 5.94. The van der Waals surface area contributed by atoms with E-state index in [1.807, 2.05) is 0 Å². The van der Waals surface area contributed by atoms with Crippen LogP contribution in [0.3, 0.4) is 0 Å². The number of carbonyl (C=O) groups excluding carboxylic acids is 1. The van der Waals surface area contributed by atoms with Crippen LogP contribution in [0.1, 0.15) is 23.2 Å². The zero-order valence-corrected chi connectivity index (χ0v) is 7.09. The van der Waals surface area contributed by atoms with E-state index in [2.05, 4.69) is 5.32 Å². The van der Waals surface area contributed by atoms with Crippen molar-refractivity contribution < 1.29 is 9.18 Å². The molecule has 68 valence electrons. The molecule has 1 aliphatic carbocycles. The normalized spacial score (nSPS) is 15.5. The second-order valence-electron chi connectivity index (χ2n) is 3.23. The van der Waals surface area contributed by atoms with E-state index in [1.54, 1.807) is 12.1 Å². The van der Waals surface area contributed by atoms with Gasteiger partial charge in [0.15, 0.2) is 0 Å². The molecule has 1 saturated carbocycles. The van der Waals surface area contributed by atoms with Crippen molar-refractivity contribution in [1.29, 1.82) is 0 Å². The minimum Gasteiger partial charge on any atom is -0.349 e. The summed E-state index contributed by atoms with van der Waals surface area (Å²) in [7, 11) is 0. The fourth-order valence-corrected chi connectivity index (χ4v) is 1.14. The van der Waals surface area contributed by atoms with E-state index < -0.39 is 5.82 Å². The van der Waals surface area contributed by atoms with Crippen molar-refractivity contribution in [2.45, 2.75) is 18.9 Å². The van der Waals surface area contributed by atoms with Gasteiger partial charge in [0, 0.05) is 6.04 Å². The van der Waals surface area contributed by atoms with Gasteiger partial charge < -0.3 is 5.32 Å². The molecule has 0 aliphatic heterocycles. The Labute approximate surface area is 75.8 Å². The summed E-state index contributed by atoms with van der Waals surface area (Å²) in [6.45, 7) is 0. The zero-order chi connectivity index (χ0) is 9.26. The Morgan fingerprint density at radius 3 is 2.69 bits per heavy atom. The van der Waals surface area contributed by atoms with Crippen LogP contribution in [-0.2, 0) is 0 Å². The van der Waals surface area contributed by atoms with Gasteiger partial charge in [-0.3, -0.25) is 4.79 Å². The van der Waals surface area contributed by atoms with Gasteiger partial charge in [0.2, 0.25) is 0 Å². The monoisotopic (exact) mass is 179 g/mol. The number of benzene rings is 1. The van der Waals surface area contributed by atoms with Crippen molar-refractivity contribution in [1.82, 2.24) is 5.32 Å². The molecule has 1 aromatic carbocycles. The van der Waals surface area contributed by atoms with Crippen molar-refractivity contribution >= 4 is 5.91 Å². The van der Waals surface area contributed by atoms with Crippen molar-refractivity contribution in [2.75, 3.05) is 0 Å². The maximum atomic E-state index is 13.1. The third-order valence-corrected chi connectivity index (χ3v) is 2.03. The van der Waals surface area contributed by atoms with Crippen molar-refractivity contribution in [3.8, 4) is 0 Å². The molecule has 3 heteroatoms. The Bertz CT molecular complexity index is 333. The molecule has 2 nitrogen and oxygen atoms in total. The Balaban J connectivity index is 2.13. The molecule has 2 rings (SSSR count). The first kappa shape index (κ1) is 8.23. The highest BCUT2D eigenvalue weighted by Crippen LogP contribution is 2.19. The average Bonchev–Trinajstić information content (AvgIpc) is 2.89. The number of hydrogen-bond acceptors (Lipinski definition) is 1. The van der Waals surface area contributed by atoms with Crippen LogP contribution >= 0.6 is 0 Å². The minimum atomic E-state index is -0.458. The highest BCUT2D eigenvalue weighted by atomic mass is 19.1. The van der Waals surface area contributed by atoms with E-state index >= 15 is 0 Å². The Morgan fingerprint density at radius 2 is 2.08 bits per heavy atom. The summed E-state index contributed by atoms with van der Waals surface area (Å²) in [6, 6.07) is 6.29. The lowest BCUT2D eigenvalue weighted by atomic mass is 10.2. The van der Waals surface area contributed by atoms with Crippen LogP contribution in [-0.4, -0.2) is 11.9 Å². The Hall–Kier alpha value is -1.38. The topological polar surface area (TPSA) is 29.1 Å². The summed E-state index contributed by atoms with van der Waals surface area (Å²) < 4.78 is 13.1. The third-order valence-electron chi connectivity index (χ3n) is 2.03. The van der Waals surface area contributed by atoms with E-state index in [0.29, 0.717) is 0 Å². The summed E-state index contributed by atoms with van der Waals surface area (Å²) in [5, 5.41) is 2.73. The molecule has 1 aromatic rings. The summed E-state index contributed by atoms with van der Waals surface area (Å²) in [5.74, 6) is -0.763. The Morgan fingerprint density at radius 1 is 1.38 bits per heavy atom. The molecule has 0 aromatic heterocycles. The number of nitrogens with one attached hydrogen (secondary N) is 1. The van der Waals surface area contributed by atoms with Crippen molar-refractivity contribution in [3.05, 3.63) is 35.6 Å². The number of carbonyl (C=O) groups is 1.